The third-order valence-electron chi connectivity index (χ3n) is 3.50. The normalized spacial score (nSPS) is 12.2. The molecule has 1 aromatic heterocycles. The maximum atomic E-state index is 12.2. The highest BCUT2D eigenvalue weighted by Crippen LogP contribution is 2.21. The minimum atomic E-state index is -0.607. The van der Waals surface area contributed by atoms with E-state index in [0.29, 0.717) is 17.9 Å². The number of nitrogens with one attached hydrogen (secondary N) is 2. The van der Waals surface area contributed by atoms with Gasteiger partial charge in [0.15, 0.2) is 5.82 Å². The monoisotopic (exact) mass is 295 g/mol. The van der Waals surface area contributed by atoms with Crippen molar-refractivity contribution in [2.45, 2.75) is 12.5 Å². The van der Waals surface area contributed by atoms with Crippen LogP contribution in [0, 0.1) is 0 Å². The number of aromatic amines is 1. The van der Waals surface area contributed by atoms with Crippen LogP contribution < -0.4 is 16.8 Å². The maximum Gasteiger partial charge on any atom is 0.241 e. The summed E-state index contributed by atoms with van der Waals surface area (Å²) in [5.74, 6) is 0.212. The molecule has 1 atom stereocenters. The lowest BCUT2D eigenvalue weighted by molar-refractivity contribution is -0.117. The fourth-order valence-corrected chi connectivity index (χ4v) is 2.31. The number of carbonyl (C=O) groups excluding carboxylic acids is 1. The summed E-state index contributed by atoms with van der Waals surface area (Å²) >= 11 is 0. The van der Waals surface area contributed by atoms with Gasteiger partial charge >= 0.3 is 0 Å². The van der Waals surface area contributed by atoms with Gasteiger partial charge < -0.3 is 16.8 Å². The standard InChI is InChI=1S/C16H17N5O/c17-13(8-10-4-2-1-3-5-10)16(22)19-11-6-7-12-14(9-11)20-21-15(12)18/h1-7,9,13H,8,17H2,(H,19,22)(H3,18,20,21). The molecule has 6 nitrogen and oxygen atoms in total. The maximum absolute atomic E-state index is 12.2. The summed E-state index contributed by atoms with van der Waals surface area (Å²) < 4.78 is 0. The van der Waals surface area contributed by atoms with Gasteiger partial charge in [0.2, 0.25) is 5.91 Å². The number of hydrogen-bond acceptors (Lipinski definition) is 4. The van der Waals surface area contributed by atoms with Crippen molar-refractivity contribution in [2.75, 3.05) is 11.1 Å². The molecular weight excluding hydrogens is 278 g/mol. The molecule has 0 spiro atoms. The summed E-state index contributed by atoms with van der Waals surface area (Å²) in [7, 11) is 0. The Kier molecular flexibility index (Phi) is 3.76. The molecule has 3 aromatic rings. The second-order valence-corrected chi connectivity index (χ2v) is 5.15. The van der Waals surface area contributed by atoms with Crippen molar-refractivity contribution >= 4 is 28.3 Å². The minimum Gasteiger partial charge on any atom is -0.382 e. The van der Waals surface area contributed by atoms with Crippen LogP contribution in [-0.2, 0) is 11.2 Å². The Morgan fingerprint density at radius 3 is 2.77 bits per heavy atom. The van der Waals surface area contributed by atoms with Gasteiger partial charge in [0.1, 0.15) is 0 Å². The van der Waals surface area contributed by atoms with E-state index in [1.54, 1.807) is 12.1 Å². The predicted molar refractivity (Wildman–Crippen MR) is 87.3 cm³/mol. The Balaban J connectivity index is 1.69. The molecule has 1 amide bonds. The number of nitrogens with zero attached hydrogens (tertiary/aromatic N) is 1. The van der Waals surface area contributed by atoms with Gasteiger partial charge in [-0.05, 0) is 30.2 Å². The second kappa shape index (κ2) is 5.87. The SMILES string of the molecule is Nc1n[nH]c2cc(NC(=O)C(N)Cc3ccccc3)ccc12. The van der Waals surface area contributed by atoms with E-state index >= 15 is 0 Å². The smallest absolute Gasteiger partial charge is 0.241 e. The quantitative estimate of drug-likeness (QED) is 0.586. The zero-order valence-electron chi connectivity index (χ0n) is 11.9. The fraction of sp³-hybridized carbons (Fsp3) is 0.125. The Hall–Kier alpha value is -2.86. The molecule has 0 aliphatic rings. The topological polar surface area (TPSA) is 110 Å². The third-order valence-corrected chi connectivity index (χ3v) is 3.50. The Bertz CT molecular complexity index is 797. The zero-order valence-corrected chi connectivity index (χ0v) is 11.9. The molecule has 3 rings (SSSR count). The van der Waals surface area contributed by atoms with Crippen molar-refractivity contribution in [3.05, 3.63) is 54.1 Å². The molecule has 0 radical (unpaired) electrons. The first-order valence-electron chi connectivity index (χ1n) is 6.97. The molecule has 112 valence electrons. The first-order valence-corrected chi connectivity index (χ1v) is 6.97. The number of fused-ring (bicyclic) bond motifs is 1. The summed E-state index contributed by atoms with van der Waals surface area (Å²) in [6.07, 6.45) is 0.492. The van der Waals surface area contributed by atoms with Crippen molar-refractivity contribution in [1.82, 2.24) is 10.2 Å². The fourth-order valence-electron chi connectivity index (χ4n) is 2.31. The van der Waals surface area contributed by atoms with Gasteiger partial charge in [-0.25, -0.2) is 0 Å². The molecule has 0 aliphatic carbocycles. The van der Waals surface area contributed by atoms with E-state index in [-0.39, 0.29) is 5.91 Å². The number of anilines is 2. The molecule has 1 unspecified atom stereocenters. The second-order valence-electron chi connectivity index (χ2n) is 5.15. The summed E-state index contributed by atoms with van der Waals surface area (Å²) in [6, 6.07) is 14.5. The van der Waals surface area contributed by atoms with Gasteiger partial charge in [0.05, 0.1) is 11.6 Å². The van der Waals surface area contributed by atoms with E-state index in [1.807, 2.05) is 36.4 Å². The average Bonchev–Trinajstić information content (AvgIpc) is 2.89. The summed E-state index contributed by atoms with van der Waals surface area (Å²) in [5.41, 5.74) is 14.1. The molecule has 22 heavy (non-hydrogen) atoms. The number of nitrogens with two attached hydrogens (primary N) is 2. The van der Waals surface area contributed by atoms with E-state index in [9.17, 15) is 4.79 Å². The number of H-pyrrole nitrogens is 1. The van der Waals surface area contributed by atoms with E-state index in [4.69, 9.17) is 11.5 Å². The number of amides is 1. The molecule has 2 aromatic carbocycles. The van der Waals surface area contributed by atoms with E-state index in [0.717, 1.165) is 16.5 Å². The van der Waals surface area contributed by atoms with Crippen LogP contribution in [0.4, 0.5) is 11.5 Å². The number of nitrogen functional groups attached to an aromatic ring is 1. The summed E-state index contributed by atoms with van der Waals surface area (Å²) in [4.78, 5) is 12.2. The van der Waals surface area contributed by atoms with Crippen LogP contribution in [0.2, 0.25) is 0 Å². The highest BCUT2D eigenvalue weighted by Gasteiger charge is 2.14. The average molecular weight is 295 g/mol. The largest absolute Gasteiger partial charge is 0.382 e. The lowest BCUT2D eigenvalue weighted by Gasteiger charge is -2.12. The lowest BCUT2D eigenvalue weighted by Crippen LogP contribution is -2.37. The van der Waals surface area contributed by atoms with Crippen LogP contribution in [0.15, 0.2) is 48.5 Å². The van der Waals surface area contributed by atoms with E-state index in [2.05, 4.69) is 15.5 Å². The summed E-state index contributed by atoms with van der Waals surface area (Å²) in [6.45, 7) is 0. The Labute approximate surface area is 127 Å². The highest BCUT2D eigenvalue weighted by atomic mass is 16.2. The van der Waals surface area contributed by atoms with Gasteiger partial charge in [-0.2, -0.15) is 5.10 Å². The summed E-state index contributed by atoms with van der Waals surface area (Å²) in [5, 5.41) is 10.4. The molecule has 6 heteroatoms. The van der Waals surface area contributed by atoms with Crippen LogP contribution in [0.1, 0.15) is 5.56 Å². The van der Waals surface area contributed by atoms with Crippen molar-refractivity contribution in [3.63, 3.8) is 0 Å². The van der Waals surface area contributed by atoms with Gasteiger partial charge in [0.25, 0.3) is 0 Å². The zero-order chi connectivity index (χ0) is 15.5. The number of rotatable bonds is 4. The van der Waals surface area contributed by atoms with Crippen LogP contribution in [0.25, 0.3) is 10.9 Å². The lowest BCUT2D eigenvalue weighted by atomic mass is 10.1. The van der Waals surface area contributed by atoms with Crippen LogP contribution in [0.5, 0.6) is 0 Å². The minimum absolute atomic E-state index is 0.226. The predicted octanol–water partition coefficient (Wildman–Crippen LogP) is 1.65. The van der Waals surface area contributed by atoms with Gasteiger partial charge in [-0.3, -0.25) is 9.89 Å². The van der Waals surface area contributed by atoms with Crippen molar-refractivity contribution in [2.24, 2.45) is 5.73 Å². The molecule has 6 N–H and O–H groups in total. The Morgan fingerprint density at radius 1 is 1.23 bits per heavy atom. The number of benzene rings is 2. The molecule has 0 saturated carbocycles. The molecule has 1 heterocycles. The third kappa shape index (κ3) is 2.91. The first-order chi connectivity index (χ1) is 10.6. The highest BCUT2D eigenvalue weighted by molar-refractivity contribution is 5.98. The number of hydrogen-bond donors (Lipinski definition) is 4. The number of aromatic nitrogens is 2. The van der Waals surface area contributed by atoms with Crippen molar-refractivity contribution in [3.8, 4) is 0 Å². The molecule has 0 bridgehead atoms. The van der Waals surface area contributed by atoms with Crippen molar-refractivity contribution in [1.29, 1.82) is 0 Å². The molecule has 0 saturated heterocycles. The van der Waals surface area contributed by atoms with Crippen LogP contribution >= 0.6 is 0 Å². The van der Waals surface area contributed by atoms with Crippen molar-refractivity contribution < 1.29 is 4.79 Å². The molecule has 0 aliphatic heterocycles. The van der Waals surface area contributed by atoms with Gasteiger partial charge in [0, 0.05) is 11.1 Å². The van der Waals surface area contributed by atoms with E-state index in [1.165, 1.54) is 0 Å². The van der Waals surface area contributed by atoms with E-state index < -0.39 is 6.04 Å². The molecule has 0 fully saturated rings. The number of carbonyl (C=O) groups is 1. The van der Waals surface area contributed by atoms with Crippen LogP contribution in [0.3, 0.4) is 0 Å². The molecular formula is C16H17N5O. The van der Waals surface area contributed by atoms with Crippen LogP contribution in [-0.4, -0.2) is 22.1 Å². The van der Waals surface area contributed by atoms with Gasteiger partial charge in [-0.1, -0.05) is 30.3 Å². The van der Waals surface area contributed by atoms with Gasteiger partial charge in [-0.15, -0.1) is 0 Å². The Morgan fingerprint density at radius 2 is 2.00 bits per heavy atom. The first kappa shape index (κ1) is 14.1.